The highest BCUT2D eigenvalue weighted by atomic mass is 32.2. The number of nitrogens with zero attached hydrogens (tertiary/aromatic N) is 2. The molecule has 0 N–H and O–H groups in total. The van der Waals surface area contributed by atoms with E-state index in [1.807, 2.05) is 6.92 Å². The van der Waals surface area contributed by atoms with Gasteiger partial charge in [-0.3, -0.25) is 4.79 Å². The van der Waals surface area contributed by atoms with Gasteiger partial charge in [-0.05, 0) is 36.8 Å². The molecule has 6 nitrogen and oxygen atoms in total. The van der Waals surface area contributed by atoms with Gasteiger partial charge < -0.3 is 9.64 Å². The zero-order valence-corrected chi connectivity index (χ0v) is 16.0. The molecule has 0 unspecified atom stereocenters. The van der Waals surface area contributed by atoms with Gasteiger partial charge in [-0.1, -0.05) is 18.2 Å². The summed E-state index contributed by atoms with van der Waals surface area (Å²) in [6, 6.07) is 10.8. The summed E-state index contributed by atoms with van der Waals surface area (Å²) in [7, 11) is -2.33. The van der Waals surface area contributed by atoms with Crippen LogP contribution in [-0.2, 0) is 10.0 Å². The molecule has 0 spiro atoms. The molecule has 144 valence electrons. The highest BCUT2D eigenvalue weighted by Gasteiger charge is 2.32. The maximum atomic E-state index is 13.8. The Hall–Kier alpha value is -2.45. The van der Waals surface area contributed by atoms with Gasteiger partial charge in [0.25, 0.3) is 5.91 Å². The molecule has 1 heterocycles. The van der Waals surface area contributed by atoms with Crippen molar-refractivity contribution < 1.29 is 22.3 Å². The van der Waals surface area contributed by atoms with Crippen molar-refractivity contribution in [1.29, 1.82) is 0 Å². The van der Waals surface area contributed by atoms with Crippen LogP contribution in [0, 0.1) is 12.7 Å². The van der Waals surface area contributed by atoms with Crippen molar-refractivity contribution in [2.24, 2.45) is 0 Å². The molecule has 1 saturated heterocycles. The SMILES string of the molecule is COc1ccc(C)cc1S(=O)(=O)N1CCN(C(=O)c2ccccc2F)CC1. The smallest absolute Gasteiger partial charge is 0.256 e. The third kappa shape index (κ3) is 3.81. The van der Waals surface area contributed by atoms with Gasteiger partial charge in [0.05, 0.1) is 12.7 Å². The second-order valence-electron chi connectivity index (χ2n) is 6.33. The van der Waals surface area contributed by atoms with Crippen molar-refractivity contribution in [3.8, 4) is 5.75 Å². The molecule has 0 bridgehead atoms. The van der Waals surface area contributed by atoms with Crippen molar-refractivity contribution in [2.75, 3.05) is 33.3 Å². The number of carbonyl (C=O) groups is 1. The fourth-order valence-electron chi connectivity index (χ4n) is 3.06. The number of piperazine rings is 1. The Labute approximate surface area is 158 Å². The molecule has 3 rings (SSSR count). The first kappa shape index (κ1) is 19.3. The van der Waals surface area contributed by atoms with Crippen LogP contribution < -0.4 is 4.74 Å². The van der Waals surface area contributed by atoms with Crippen LogP contribution in [0.5, 0.6) is 5.75 Å². The minimum Gasteiger partial charge on any atom is -0.495 e. The molecule has 1 aliphatic rings. The Morgan fingerprint density at radius 1 is 1.07 bits per heavy atom. The lowest BCUT2D eigenvalue weighted by Crippen LogP contribution is -2.50. The van der Waals surface area contributed by atoms with Crippen molar-refractivity contribution in [2.45, 2.75) is 11.8 Å². The van der Waals surface area contributed by atoms with E-state index >= 15 is 0 Å². The molecule has 2 aromatic rings. The van der Waals surface area contributed by atoms with Gasteiger partial charge in [-0.2, -0.15) is 4.31 Å². The van der Waals surface area contributed by atoms with E-state index in [1.54, 1.807) is 24.3 Å². The number of hydrogen-bond acceptors (Lipinski definition) is 4. The van der Waals surface area contributed by atoms with E-state index in [0.717, 1.165) is 5.56 Å². The number of carbonyl (C=O) groups excluding carboxylic acids is 1. The zero-order chi connectivity index (χ0) is 19.6. The first-order valence-electron chi connectivity index (χ1n) is 8.53. The number of halogens is 1. The predicted molar refractivity (Wildman–Crippen MR) is 98.8 cm³/mol. The Morgan fingerprint density at radius 2 is 1.74 bits per heavy atom. The number of sulfonamides is 1. The summed E-state index contributed by atoms with van der Waals surface area (Å²) < 4.78 is 46.4. The molecule has 2 aromatic carbocycles. The average molecular weight is 392 g/mol. The topological polar surface area (TPSA) is 66.9 Å². The molecule has 8 heteroatoms. The molecule has 1 aliphatic heterocycles. The van der Waals surface area contributed by atoms with Gasteiger partial charge in [0, 0.05) is 26.2 Å². The maximum Gasteiger partial charge on any atom is 0.256 e. The van der Waals surface area contributed by atoms with Crippen molar-refractivity contribution >= 4 is 15.9 Å². The van der Waals surface area contributed by atoms with Crippen LogP contribution in [0.15, 0.2) is 47.4 Å². The van der Waals surface area contributed by atoms with Crippen LogP contribution >= 0.6 is 0 Å². The predicted octanol–water partition coefficient (Wildman–Crippen LogP) is 2.29. The molecule has 0 aliphatic carbocycles. The summed E-state index contributed by atoms with van der Waals surface area (Å²) >= 11 is 0. The van der Waals surface area contributed by atoms with Gasteiger partial charge in [-0.15, -0.1) is 0 Å². The Morgan fingerprint density at radius 3 is 2.37 bits per heavy atom. The first-order chi connectivity index (χ1) is 12.8. The molecular weight excluding hydrogens is 371 g/mol. The highest BCUT2D eigenvalue weighted by Crippen LogP contribution is 2.28. The largest absolute Gasteiger partial charge is 0.495 e. The van der Waals surface area contributed by atoms with Crippen LogP contribution in [0.2, 0.25) is 0 Å². The molecule has 0 atom stereocenters. The van der Waals surface area contributed by atoms with Crippen molar-refractivity contribution in [1.82, 2.24) is 9.21 Å². The van der Waals surface area contributed by atoms with Crippen LogP contribution in [0.4, 0.5) is 4.39 Å². The van der Waals surface area contributed by atoms with Crippen LogP contribution in [0.25, 0.3) is 0 Å². The number of methoxy groups -OCH3 is 1. The summed E-state index contributed by atoms with van der Waals surface area (Å²) in [5.41, 5.74) is 0.803. The number of rotatable bonds is 4. The number of benzene rings is 2. The molecule has 0 aromatic heterocycles. The normalized spacial score (nSPS) is 15.6. The molecular formula is C19H21FN2O4S. The van der Waals surface area contributed by atoms with E-state index < -0.39 is 21.7 Å². The standard InChI is InChI=1S/C19H21FN2O4S/c1-14-7-8-17(26-2)18(13-14)27(24,25)22-11-9-21(10-12-22)19(23)15-5-3-4-6-16(15)20/h3-8,13H,9-12H2,1-2H3. The zero-order valence-electron chi connectivity index (χ0n) is 15.2. The summed E-state index contributed by atoms with van der Waals surface area (Å²) in [5, 5.41) is 0. The third-order valence-electron chi connectivity index (χ3n) is 4.57. The van der Waals surface area contributed by atoms with E-state index in [1.165, 1.54) is 34.5 Å². The van der Waals surface area contributed by atoms with Crippen LogP contribution in [0.1, 0.15) is 15.9 Å². The Bertz CT molecular complexity index is 954. The van der Waals surface area contributed by atoms with Gasteiger partial charge in [-0.25, -0.2) is 12.8 Å². The summed E-state index contributed by atoms with van der Waals surface area (Å²) in [4.78, 5) is 14.1. The lowest BCUT2D eigenvalue weighted by molar-refractivity contribution is 0.0693. The second kappa shape index (κ2) is 7.66. The molecule has 0 saturated carbocycles. The molecule has 27 heavy (non-hydrogen) atoms. The minimum absolute atomic E-state index is 0.00541. The number of amides is 1. The second-order valence-corrected chi connectivity index (χ2v) is 8.24. The monoisotopic (exact) mass is 392 g/mol. The molecule has 1 fully saturated rings. The van der Waals surface area contributed by atoms with E-state index in [2.05, 4.69) is 0 Å². The van der Waals surface area contributed by atoms with E-state index in [9.17, 15) is 17.6 Å². The maximum absolute atomic E-state index is 13.8. The van der Waals surface area contributed by atoms with Crippen molar-refractivity contribution in [3.63, 3.8) is 0 Å². The molecule has 0 radical (unpaired) electrons. The van der Waals surface area contributed by atoms with E-state index in [0.29, 0.717) is 0 Å². The van der Waals surface area contributed by atoms with Gasteiger partial charge in [0.2, 0.25) is 10.0 Å². The third-order valence-corrected chi connectivity index (χ3v) is 6.49. The summed E-state index contributed by atoms with van der Waals surface area (Å²) in [6.07, 6.45) is 0. The highest BCUT2D eigenvalue weighted by molar-refractivity contribution is 7.89. The average Bonchev–Trinajstić information content (AvgIpc) is 2.68. The molecule has 1 amide bonds. The quantitative estimate of drug-likeness (QED) is 0.801. The van der Waals surface area contributed by atoms with Gasteiger partial charge >= 0.3 is 0 Å². The number of hydrogen-bond donors (Lipinski definition) is 0. The van der Waals surface area contributed by atoms with E-state index in [-0.39, 0.29) is 42.4 Å². The van der Waals surface area contributed by atoms with Gasteiger partial charge in [0.1, 0.15) is 16.5 Å². The fraction of sp³-hybridized carbons (Fsp3) is 0.316. The number of aryl methyl sites for hydroxylation is 1. The van der Waals surface area contributed by atoms with Crippen LogP contribution in [-0.4, -0.2) is 56.8 Å². The Kier molecular flexibility index (Phi) is 5.48. The van der Waals surface area contributed by atoms with Crippen LogP contribution in [0.3, 0.4) is 0 Å². The minimum atomic E-state index is -3.75. The summed E-state index contributed by atoms with van der Waals surface area (Å²) in [6.45, 7) is 2.48. The Balaban J connectivity index is 1.76. The first-order valence-corrected chi connectivity index (χ1v) is 9.97. The lowest BCUT2D eigenvalue weighted by atomic mass is 10.1. The fourth-order valence-corrected chi connectivity index (χ4v) is 4.72. The van der Waals surface area contributed by atoms with Crippen molar-refractivity contribution in [3.05, 3.63) is 59.4 Å². The lowest BCUT2D eigenvalue weighted by Gasteiger charge is -2.34. The summed E-state index contributed by atoms with van der Waals surface area (Å²) in [5.74, 6) is -0.731. The van der Waals surface area contributed by atoms with Gasteiger partial charge in [0.15, 0.2) is 0 Å². The number of ether oxygens (including phenoxy) is 1. The van der Waals surface area contributed by atoms with E-state index in [4.69, 9.17) is 4.74 Å².